The lowest BCUT2D eigenvalue weighted by Crippen LogP contribution is -2.34. The number of amidine groups is 1. The number of likely N-dealkylation sites (tertiary alicyclic amines) is 1. The van der Waals surface area contributed by atoms with Crippen molar-refractivity contribution in [1.82, 2.24) is 9.80 Å². The molecule has 0 aromatic carbocycles. The molecule has 0 aliphatic carbocycles. The first-order valence-corrected chi connectivity index (χ1v) is 7.16. The van der Waals surface area contributed by atoms with Crippen LogP contribution in [-0.4, -0.2) is 73.8 Å². The number of nitrogens with zero attached hydrogens (tertiary/aromatic N) is 3. The van der Waals surface area contributed by atoms with Crippen molar-refractivity contribution in [2.24, 2.45) is 10.9 Å². The van der Waals surface area contributed by atoms with Crippen LogP contribution in [0, 0.1) is 0 Å². The van der Waals surface area contributed by atoms with E-state index in [1.165, 1.54) is 38.9 Å². The summed E-state index contributed by atoms with van der Waals surface area (Å²) < 4.78 is 5.12. The molecule has 1 heterocycles. The molecule has 0 spiro atoms. The molecule has 1 aliphatic rings. The van der Waals surface area contributed by atoms with Crippen LogP contribution in [-0.2, 0) is 4.74 Å². The first-order chi connectivity index (χ1) is 9.26. The van der Waals surface area contributed by atoms with Crippen molar-refractivity contribution >= 4 is 5.84 Å². The van der Waals surface area contributed by atoms with Crippen LogP contribution in [0.3, 0.4) is 0 Å². The first kappa shape index (κ1) is 16.2. The van der Waals surface area contributed by atoms with E-state index in [0.29, 0.717) is 12.3 Å². The molecule has 0 bridgehead atoms. The van der Waals surface area contributed by atoms with E-state index in [1.807, 2.05) is 0 Å². The Morgan fingerprint density at radius 1 is 1.32 bits per heavy atom. The molecule has 19 heavy (non-hydrogen) atoms. The summed E-state index contributed by atoms with van der Waals surface area (Å²) in [5.74, 6) is 0.293. The molecule has 112 valence electrons. The molecule has 0 saturated carbocycles. The maximum atomic E-state index is 8.56. The molecule has 1 fully saturated rings. The summed E-state index contributed by atoms with van der Waals surface area (Å²) in [6, 6.07) is 0. The molecule has 6 nitrogen and oxygen atoms in total. The van der Waals surface area contributed by atoms with E-state index in [2.05, 4.69) is 15.0 Å². The molecule has 1 saturated heterocycles. The number of nitrogens with two attached hydrogens (primary N) is 1. The molecule has 0 unspecified atom stereocenters. The standard InChI is InChI=1S/C13H28N4O2/c1-19-12-11-17(10-5-13(14)15-18)9-4-8-16-6-2-3-7-16/h18H,2-12H2,1H3,(H2,14,15). The average molecular weight is 272 g/mol. The summed E-state index contributed by atoms with van der Waals surface area (Å²) in [4.78, 5) is 4.84. The van der Waals surface area contributed by atoms with Gasteiger partial charge in [0.15, 0.2) is 0 Å². The van der Waals surface area contributed by atoms with Crippen LogP contribution in [0.5, 0.6) is 0 Å². The summed E-state index contributed by atoms with van der Waals surface area (Å²) in [6.45, 7) is 7.16. The third-order valence-corrected chi connectivity index (χ3v) is 3.57. The zero-order valence-electron chi connectivity index (χ0n) is 12.1. The molecule has 1 aliphatic heterocycles. The summed E-state index contributed by atoms with van der Waals surface area (Å²) in [7, 11) is 1.71. The lowest BCUT2D eigenvalue weighted by molar-refractivity contribution is 0.145. The van der Waals surface area contributed by atoms with Crippen molar-refractivity contribution in [2.75, 3.05) is 53.0 Å². The summed E-state index contributed by atoms with van der Waals surface area (Å²) in [5.41, 5.74) is 5.51. The predicted octanol–water partition coefficient (Wildman–Crippen LogP) is 0.557. The molecule has 0 radical (unpaired) electrons. The minimum atomic E-state index is 0.293. The van der Waals surface area contributed by atoms with Crippen molar-refractivity contribution in [3.05, 3.63) is 0 Å². The van der Waals surface area contributed by atoms with Crippen LogP contribution < -0.4 is 5.73 Å². The highest BCUT2D eigenvalue weighted by Crippen LogP contribution is 2.07. The Bertz CT molecular complexity index is 255. The van der Waals surface area contributed by atoms with Crippen LogP contribution in [0.15, 0.2) is 5.16 Å². The van der Waals surface area contributed by atoms with Gasteiger partial charge < -0.3 is 25.5 Å². The van der Waals surface area contributed by atoms with Gasteiger partial charge in [-0.2, -0.15) is 0 Å². The van der Waals surface area contributed by atoms with Gasteiger partial charge in [-0.05, 0) is 45.4 Å². The zero-order chi connectivity index (χ0) is 13.9. The highest BCUT2D eigenvalue weighted by atomic mass is 16.5. The van der Waals surface area contributed by atoms with Gasteiger partial charge in [0.2, 0.25) is 0 Å². The lowest BCUT2D eigenvalue weighted by atomic mass is 10.3. The van der Waals surface area contributed by atoms with E-state index in [0.717, 1.165) is 26.2 Å². The Hall–Kier alpha value is -0.850. The summed E-state index contributed by atoms with van der Waals surface area (Å²) in [5, 5.41) is 11.6. The molecule has 0 atom stereocenters. The second kappa shape index (κ2) is 10.00. The molecular formula is C13H28N4O2. The third kappa shape index (κ3) is 7.34. The minimum Gasteiger partial charge on any atom is -0.409 e. The fourth-order valence-corrected chi connectivity index (χ4v) is 2.40. The highest BCUT2D eigenvalue weighted by molar-refractivity contribution is 5.79. The van der Waals surface area contributed by atoms with Crippen molar-refractivity contribution in [3.8, 4) is 0 Å². The van der Waals surface area contributed by atoms with Gasteiger partial charge in [-0.25, -0.2) is 0 Å². The first-order valence-electron chi connectivity index (χ1n) is 7.16. The van der Waals surface area contributed by atoms with E-state index in [1.54, 1.807) is 7.11 Å². The monoisotopic (exact) mass is 272 g/mol. The van der Waals surface area contributed by atoms with Gasteiger partial charge in [0.1, 0.15) is 5.84 Å². The average Bonchev–Trinajstić information content (AvgIpc) is 2.94. The number of hydrogen-bond donors (Lipinski definition) is 2. The van der Waals surface area contributed by atoms with Crippen LogP contribution in [0.4, 0.5) is 0 Å². The SMILES string of the molecule is COCCN(CCCN1CCCC1)CCC(N)=NO. The van der Waals surface area contributed by atoms with Gasteiger partial charge in [-0.1, -0.05) is 5.16 Å². The normalized spacial score (nSPS) is 17.5. The van der Waals surface area contributed by atoms with Gasteiger partial charge in [-0.15, -0.1) is 0 Å². The Morgan fingerprint density at radius 3 is 2.68 bits per heavy atom. The van der Waals surface area contributed by atoms with Gasteiger partial charge in [0.25, 0.3) is 0 Å². The summed E-state index contributed by atoms with van der Waals surface area (Å²) >= 11 is 0. The Balaban J connectivity index is 2.19. The van der Waals surface area contributed by atoms with Gasteiger partial charge in [0, 0.05) is 26.6 Å². The molecule has 1 rings (SSSR count). The smallest absolute Gasteiger partial charge is 0.140 e. The van der Waals surface area contributed by atoms with Gasteiger partial charge in [0.05, 0.1) is 6.61 Å². The molecule has 0 aromatic rings. The van der Waals surface area contributed by atoms with E-state index >= 15 is 0 Å². The lowest BCUT2D eigenvalue weighted by Gasteiger charge is -2.23. The molecule has 0 amide bonds. The third-order valence-electron chi connectivity index (χ3n) is 3.57. The highest BCUT2D eigenvalue weighted by Gasteiger charge is 2.12. The van der Waals surface area contributed by atoms with Crippen molar-refractivity contribution < 1.29 is 9.94 Å². The zero-order valence-corrected chi connectivity index (χ0v) is 12.1. The Kier molecular flexibility index (Phi) is 8.53. The summed E-state index contributed by atoms with van der Waals surface area (Å²) in [6.07, 6.45) is 4.46. The van der Waals surface area contributed by atoms with Crippen molar-refractivity contribution in [3.63, 3.8) is 0 Å². The topological polar surface area (TPSA) is 74.3 Å². The maximum absolute atomic E-state index is 8.56. The number of oxime groups is 1. The second-order valence-electron chi connectivity index (χ2n) is 5.08. The Labute approximate surface area is 116 Å². The van der Waals surface area contributed by atoms with Gasteiger partial charge in [-0.3, -0.25) is 0 Å². The van der Waals surface area contributed by atoms with Crippen molar-refractivity contribution in [1.29, 1.82) is 0 Å². The van der Waals surface area contributed by atoms with E-state index < -0.39 is 0 Å². The van der Waals surface area contributed by atoms with Crippen LogP contribution in [0.25, 0.3) is 0 Å². The molecular weight excluding hydrogens is 244 g/mol. The number of rotatable bonds is 10. The quantitative estimate of drug-likeness (QED) is 0.263. The fourth-order valence-electron chi connectivity index (χ4n) is 2.40. The van der Waals surface area contributed by atoms with Crippen LogP contribution in [0.1, 0.15) is 25.7 Å². The van der Waals surface area contributed by atoms with Crippen LogP contribution in [0.2, 0.25) is 0 Å². The van der Waals surface area contributed by atoms with Crippen LogP contribution >= 0.6 is 0 Å². The maximum Gasteiger partial charge on any atom is 0.140 e. The Morgan fingerprint density at radius 2 is 2.05 bits per heavy atom. The molecule has 3 N–H and O–H groups in total. The number of hydrogen-bond acceptors (Lipinski definition) is 5. The minimum absolute atomic E-state index is 0.293. The largest absolute Gasteiger partial charge is 0.409 e. The molecule has 6 heteroatoms. The van der Waals surface area contributed by atoms with E-state index in [-0.39, 0.29) is 0 Å². The molecule has 0 aromatic heterocycles. The fraction of sp³-hybridized carbons (Fsp3) is 0.923. The second-order valence-corrected chi connectivity index (χ2v) is 5.08. The predicted molar refractivity (Wildman–Crippen MR) is 76.6 cm³/mol. The van der Waals surface area contributed by atoms with E-state index in [9.17, 15) is 0 Å². The number of methoxy groups -OCH3 is 1. The van der Waals surface area contributed by atoms with Crippen molar-refractivity contribution in [2.45, 2.75) is 25.7 Å². The number of ether oxygens (including phenoxy) is 1. The van der Waals surface area contributed by atoms with E-state index in [4.69, 9.17) is 15.7 Å². The van der Waals surface area contributed by atoms with Gasteiger partial charge >= 0.3 is 0 Å².